The van der Waals surface area contributed by atoms with Gasteiger partial charge in [-0.2, -0.15) is 5.10 Å². The summed E-state index contributed by atoms with van der Waals surface area (Å²) in [6.07, 6.45) is 1.92. The van der Waals surface area contributed by atoms with Gasteiger partial charge < -0.3 is 10.6 Å². The summed E-state index contributed by atoms with van der Waals surface area (Å²) in [6, 6.07) is 6.03. The molecule has 0 radical (unpaired) electrons. The zero-order valence-corrected chi connectivity index (χ0v) is 9.44. The Morgan fingerprint density at radius 2 is 2.06 bits per heavy atom. The molecule has 0 fully saturated rings. The maximum atomic E-state index is 6.03. The van der Waals surface area contributed by atoms with Crippen LogP contribution >= 0.6 is 0 Å². The Hall–Kier alpha value is -1.97. The van der Waals surface area contributed by atoms with E-state index >= 15 is 0 Å². The quantitative estimate of drug-likeness (QED) is 0.678. The molecule has 2 heterocycles. The summed E-state index contributed by atoms with van der Waals surface area (Å²) in [5.41, 5.74) is 11.6. The van der Waals surface area contributed by atoms with Gasteiger partial charge in [-0.1, -0.05) is 12.1 Å². The molecule has 2 N–H and O–H groups in total. The van der Waals surface area contributed by atoms with E-state index in [1.54, 1.807) is 0 Å². The van der Waals surface area contributed by atoms with Gasteiger partial charge in [0.25, 0.3) is 0 Å². The van der Waals surface area contributed by atoms with Crippen LogP contribution in [0.5, 0.6) is 0 Å². The third kappa shape index (κ3) is 1.07. The average molecular weight is 214 g/mol. The first kappa shape index (κ1) is 9.27. The van der Waals surface area contributed by atoms with E-state index < -0.39 is 0 Å². The van der Waals surface area contributed by atoms with Gasteiger partial charge in [-0.15, -0.1) is 0 Å². The van der Waals surface area contributed by atoms with E-state index in [0.717, 1.165) is 17.9 Å². The summed E-state index contributed by atoms with van der Waals surface area (Å²) < 4.78 is 1.93. The van der Waals surface area contributed by atoms with Crippen molar-refractivity contribution in [2.75, 3.05) is 17.7 Å². The van der Waals surface area contributed by atoms with E-state index in [1.807, 2.05) is 30.1 Å². The molecule has 4 heteroatoms. The third-order valence-corrected chi connectivity index (χ3v) is 3.19. The van der Waals surface area contributed by atoms with Crippen molar-refractivity contribution in [2.45, 2.75) is 6.54 Å². The Morgan fingerprint density at radius 3 is 2.88 bits per heavy atom. The standard InChI is InChI=1S/C12H14N4/c1-15-7-11-9(6-14-16(11)2)8-4-3-5-10(13)12(8)15/h3-6H,7,13H2,1-2H3. The summed E-state index contributed by atoms with van der Waals surface area (Å²) in [5.74, 6) is 0. The molecule has 0 bridgehead atoms. The van der Waals surface area contributed by atoms with Crippen LogP contribution in [-0.2, 0) is 13.6 Å². The molecule has 0 atom stereocenters. The normalized spacial score (nSPS) is 13.5. The zero-order chi connectivity index (χ0) is 11.3. The molecule has 0 aliphatic carbocycles. The van der Waals surface area contributed by atoms with Gasteiger partial charge in [0.1, 0.15) is 0 Å². The number of aryl methyl sites for hydroxylation is 1. The monoisotopic (exact) mass is 214 g/mol. The molecule has 2 aromatic rings. The van der Waals surface area contributed by atoms with Crippen LogP contribution in [0.15, 0.2) is 24.4 Å². The van der Waals surface area contributed by atoms with Gasteiger partial charge in [-0.25, -0.2) is 0 Å². The number of nitrogen functional groups attached to an aromatic ring is 1. The number of hydrogen-bond donors (Lipinski definition) is 1. The van der Waals surface area contributed by atoms with Gasteiger partial charge in [-0.05, 0) is 6.07 Å². The molecule has 0 spiro atoms. The van der Waals surface area contributed by atoms with Crippen molar-refractivity contribution in [3.8, 4) is 11.1 Å². The number of nitrogens with zero attached hydrogens (tertiary/aromatic N) is 3. The van der Waals surface area contributed by atoms with Gasteiger partial charge in [0.15, 0.2) is 0 Å². The molecular weight excluding hydrogens is 200 g/mol. The highest BCUT2D eigenvalue weighted by atomic mass is 15.3. The molecule has 1 aliphatic rings. The van der Waals surface area contributed by atoms with E-state index in [-0.39, 0.29) is 0 Å². The smallest absolute Gasteiger partial charge is 0.0681 e. The first-order valence-electron chi connectivity index (χ1n) is 5.29. The van der Waals surface area contributed by atoms with Gasteiger partial charge in [0.2, 0.25) is 0 Å². The number of hydrogen-bond acceptors (Lipinski definition) is 3. The number of nitrogens with two attached hydrogens (primary N) is 1. The molecule has 16 heavy (non-hydrogen) atoms. The van der Waals surface area contributed by atoms with E-state index in [4.69, 9.17) is 5.73 Å². The van der Waals surface area contributed by atoms with Gasteiger partial charge in [0, 0.05) is 25.2 Å². The molecular formula is C12H14N4. The Kier molecular flexibility index (Phi) is 1.74. The summed E-state index contributed by atoms with van der Waals surface area (Å²) in [5, 5.41) is 4.31. The van der Waals surface area contributed by atoms with Gasteiger partial charge >= 0.3 is 0 Å². The highest BCUT2D eigenvalue weighted by molar-refractivity contribution is 5.89. The Bertz CT molecular complexity index is 556. The number of para-hydroxylation sites is 1. The van der Waals surface area contributed by atoms with E-state index in [9.17, 15) is 0 Å². The average Bonchev–Trinajstić information content (AvgIpc) is 2.61. The van der Waals surface area contributed by atoms with Gasteiger partial charge in [0.05, 0.1) is 29.8 Å². The summed E-state index contributed by atoms with van der Waals surface area (Å²) in [6.45, 7) is 0.854. The van der Waals surface area contributed by atoms with Crippen molar-refractivity contribution < 1.29 is 0 Å². The molecule has 0 unspecified atom stereocenters. The lowest BCUT2D eigenvalue weighted by Crippen LogP contribution is -2.24. The maximum Gasteiger partial charge on any atom is 0.0681 e. The maximum absolute atomic E-state index is 6.03. The first-order valence-corrected chi connectivity index (χ1v) is 5.29. The number of fused-ring (bicyclic) bond motifs is 3. The van der Waals surface area contributed by atoms with Crippen LogP contribution in [0.4, 0.5) is 11.4 Å². The fourth-order valence-electron chi connectivity index (χ4n) is 2.38. The van der Waals surface area contributed by atoms with Crippen LogP contribution in [0.1, 0.15) is 5.69 Å². The predicted octanol–water partition coefficient (Wildman–Crippen LogP) is 1.62. The topological polar surface area (TPSA) is 47.1 Å². The zero-order valence-electron chi connectivity index (χ0n) is 9.44. The fraction of sp³-hybridized carbons (Fsp3) is 0.250. The number of anilines is 2. The second kappa shape index (κ2) is 3.01. The Labute approximate surface area is 94.3 Å². The Balaban J connectivity index is 2.33. The van der Waals surface area contributed by atoms with Crippen LogP contribution < -0.4 is 10.6 Å². The molecule has 0 saturated carbocycles. The van der Waals surface area contributed by atoms with E-state index in [2.05, 4.69) is 23.1 Å². The lowest BCUT2D eigenvalue weighted by molar-refractivity contribution is 0.698. The SMILES string of the molecule is CN1Cc2c(cnn2C)-c2cccc(N)c21. The van der Waals surface area contributed by atoms with Crippen molar-refractivity contribution >= 4 is 11.4 Å². The van der Waals surface area contributed by atoms with Crippen LogP contribution in [0.25, 0.3) is 11.1 Å². The molecule has 0 saturated heterocycles. The summed E-state index contributed by atoms with van der Waals surface area (Å²) >= 11 is 0. The molecule has 1 aromatic carbocycles. The molecule has 3 rings (SSSR count). The summed E-state index contributed by atoms with van der Waals surface area (Å²) in [7, 11) is 4.04. The number of rotatable bonds is 0. The van der Waals surface area contributed by atoms with Crippen molar-refractivity contribution in [3.05, 3.63) is 30.1 Å². The number of aromatic nitrogens is 2. The fourth-order valence-corrected chi connectivity index (χ4v) is 2.38. The predicted molar refractivity (Wildman–Crippen MR) is 65.2 cm³/mol. The molecule has 4 nitrogen and oxygen atoms in total. The lowest BCUT2D eigenvalue weighted by atomic mass is 9.98. The van der Waals surface area contributed by atoms with Crippen LogP contribution in [-0.4, -0.2) is 16.8 Å². The van der Waals surface area contributed by atoms with Gasteiger partial charge in [-0.3, -0.25) is 4.68 Å². The molecule has 1 aromatic heterocycles. The van der Waals surface area contributed by atoms with Crippen molar-refractivity contribution in [2.24, 2.45) is 7.05 Å². The summed E-state index contributed by atoms with van der Waals surface area (Å²) in [4.78, 5) is 2.18. The largest absolute Gasteiger partial charge is 0.397 e. The van der Waals surface area contributed by atoms with Crippen molar-refractivity contribution in [1.82, 2.24) is 9.78 Å². The molecule has 82 valence electrons. The van der Waals surface area contributed by atoms with Crippen molar-refractivity contribution in [3.63, 3.8) is 0 Å². The highest BCUT2D eigenvalue weighted by Gasteiger charge is 2.23. The lowest BCUT2D eigenvalue weighted by Gasteiger charge is -2.29. The van der Waals surface area contributed by atoms with Crippen LogP contribution in [0.3, 0.4) is 0 Å². The van der Waals surface area contributed by atoms with Crippen LogP contribution in [0.2, 0.25) is 0 Å². The molecule has 1 aliphatic heterocycles. The van der Waals surface area contributed by atoms with E-state index in [0.29, 0.717) is 0 Å². The van der Waals surface area contributed by atoms with Crippen molar-refractivity contribution in [1.29, 1.82) is 0 Å². The minimum Gasteiger partial charge on any atom is -0.397 e. The highest BCUT2D eigenvalue weighted by Crippen LogP contribution is 2.41. The Morgan fingerprint density at radius 1 is 1.25 bits per heavy atom. The van der Waals surface area contributed by atoms with Crippen LogP contribution in [0, 0.1) is 0 Å². The first-order chi connectivity index (χ1) is 7.68. The van der Waals surface area contributed by atoms with E-state index in [1.165, 1.54) is 16.8 Å². The minimum absolute atomic E-state index is 0.828. The molecule has 0 amide bonds. The number of benzene rings is 1. The second-order valence-corrected chi connectivity index (χ2v) is 4.23. The minimum atomic E-state index is 0.828. The second-order valence-electron chi connectivity index (χ2n) is 4.23. The third-order valence-electron chi connectivity index (χ3n) is 3.19.